The Balaban J connectivity index is 2.23. The number of rotatable bonds is 5. The molecule has 18 heavy (non-hydrogen) atoms. The van der Waals surface area contributed by atoms with E-state index in [0.29, 0.717) is 0 Å². The van der Waals surface area contributed by atoms with E-state index in [-0.39, 0.29) is 11.3 Å². The molecular formula is C12H15N3OS2. The van der Waals surface area contributed by atoms with Crippen LogP contribution in [-0.4, -0.2) is 23.3 Å². The average molecular weight is 281 g/mol. The molecule has 0 bridgehead atoms. The third-order valence-corrected chi connectivity index (χ3v) is 4.77. The van der Waals surface area contributed by atoms with Crippen LogP contribution in [0.3, 0.4) is 0 Å². The van der Waals surface area contributed by atoms with Crippen LogP contribution in [0.25, 0.3) is 0 Å². The van der Waals surface area contributed by atoms with Gasteiger partial charge in [-0.05, 0) is 24.6 Å². The van der Waals surface area contributed by atoms with Crippen molar-refractivity contribution in [3.63, 3.8) is 0 Å². The number of hydrogen-bond donors (Lipinski definition) is 1. The Morgan fingerprint density at radius 1 is 1.44 bits per heavy atom. The lowest BCUT2D eigenvalue weighted by molar-refractivity contribution is 0.414. The molecule has 1 aromatic carbocycles. The van der Waals surface area contributed by atoms with Crippen molar-refractivity contribution in [2.75, 3.05) is 7.11 Å². The van der Waals surface area contributed by atoms with Crippen LogP contribution in [0.4, 0.5) is 0 Å². The van der Waals surface area contributed by atoms with Crippen molar-refractivity contribution in [2.45, 2.75) is 22.6 Å². The molecule has 0 radical (unpaired) electrons. The Morgan fingerprint density at radius 3 is 2.89 bits per heavy atom. The molecule has 0 aliphatic heterocycles. The Labute approximate surface area is 115 Å². The maximum absolute atomic E-state index is 6.07. The lowest BCUT2D eigenvalue weighted by Crippen LogP contribution is -2.22. The summed E-state index contributed by atoms with van der Waals surface area (Å²) in [5.74, 6) is 0.844. The summed E-state index contributed by atoms with van der Waals surface area (Å²) in [6, 6.07) is 8.00. The summed E-state index contributed by atoms with van der Waals surface area (Å²) in [5, 5.41) is 8.04. The van der Waals surface area contributed by atoms with Crippen molar-refractivity contribution in [3.8, 4) is 5.75 Å². The van der Waals surface area contributed by atoms with Gasteiger partial charge in [0.1, 0.15) is 11.3 Å². The first-order chi connectivity index (χ1) is 8.70. The number of benzene rings is 1. The molecule has 96 valence electrons. The Bertz CT molecular complexity index is 488. The highest BCUT2D eigenvalue weighted by atomic mass is 32.2. The van der Waals surface area contributed by atoms with E-state index in [9.17, 15) is 0 Å². The molecule has 0 saturated carbocycles. The van der Waals surface area contributed by atoms with Crippen LogP contribution in [0.2, 0.25) is 0 Å². The standard InChI is InChI=1S/C12H15N3OS2/c1-8(13)11(18-12-15-14-7-17-12)9-4-3-5-10(6-9)16-2/h3-8,11H,13H2,1-2H3. The predicted molar refractivity (Wildman–Crippen MR) is 75.2 cm³/mol. The number of ether oxygens (including phenoxy) is 1. The monoisotopic (exact) mass is 281 g/mol. The van der Waals surface area contributed by atoms with Crippen LogP contribution in [-0.2, 0) is 0 Å². The third kappa shape index (κ3) is 3.22. The zero-order chi connectivity index (χ0) is 13.0. The summed E-state index contributed by atoms with van der Waals surface area (Å²) in [5.41, 5.74) is 8.94. The molecule has 1 aromatic heterocycles. The topological polar surface area (TPSA) is 61.0 Å². The highest BCUT2D eigenvalue weighted by Gasteiger charge is 2.19. The Morgan fingerprint density at radius 2 is 2.28 bits per heavy atom. The first-order valence-corrected chi connectivity index (χ1v) is 7.29. The molecule has 0 saturated heterocycles. The van der Waals surface area contributed by atoms with E-state index in [4.69, 9.17) is 10.5 Å². The van der Waals surface area contributed by atoms with Crippen molar-refractivity contribution in [1.82, 2.24) is 10.2 Å². The fourth-order valence-electron chi connectivity index (χ4n) is 1.62. The molecular weight excluding hydrogens is 266 g/mol. The predicted octanol–water partition coefficient (Wildman–Crippen LogP) is 2.73. The van der Waals surface area contributed by atoms with Crippen molar-refractivity contribution in [1.29, 1.82) is 0 Å². The molecule has 0 spiro atoms. The quantitative estimate of drug-likeness (QED) is 0.854. The van der Waals surface area contributed by atoms with E-state index in [1.165, 1.54) is 11.3 Å². The highest BCUT2D eigenvalue weighted by Crippen LogP contribution is 2.38. The van der Waals surface area contributed by atoms with Gasteiger partial charge in [0.15, 0.2) is 4.34 Å². The van der Waals surface area contributed by atoms with Gasteiger partial charge in [-0.15, -0.1) is 10.2 Å². The van der Waals surface area contributed by atoms with Gasteiger partial charge in [0.05, 0.1) is 12.4 Å². The van der Waals surface area contributed by atoms with Gasteiger partial charge in [-0.25, -0.2) is 0 Å². The summed E-state index contributed by atoms with van der Waals surface area (Å²) >= 11 is 3.17. The van der Waals surface area contributed by atoms with Crippen molar-refractivity contribution in [3.05, 3.63) is 35.3 Å². The SMILES string of the molecule is COc1cccc(C(Sc2nncs2)C(C)N)c1. The molecule has 4 nitrogen and oxygen atoms in total. The van der Waals surface area contributed by atoms with Crippen molar-refractivity contribution >= 4 is 23.1 Å². The first kappa shape index (κ1) is 13.3. The Hall–Kier alpha value is -1.11. The van der Waals surface area contributed by atoms with Gasteiger partial charge in [-0.3, -0.25) is 0 Å². The number of hydrogen-bond acceptors (Lipinski definition) is 6. The molecule has 0 amide bonds. The highest BCUT2D eigenvalue weighted by molar-refractivity contribution is 8.01. The van der Waals surface area contributed by atoms with E-state index in [2.05, 4.69) is 16.3 Å². The van der Waals surface area contributed by atoms with Crippen molar-refractivity contribution < 1.29 is 4.74 Å². The number of methoxy groups -OCH3 is 1. The number of nitrogens with two attached hydrogens (primary N) is 1. The van der Waals surface area contributed by atoms with E-state index in [0.717, 1.165) is 15.7 Å². The van der Waals surface area contributed by atoms with Crippen LogP contribution in [0.1, 0.15) is 17.7 Å². The molecule has 0 aliphatic rings. The summed E-state index contributed by atoms with van der Waals surface area (Å²) in [4.78, 5) is 0. The van der Waals surface area contributed by atoms with E-state index in [1.54, 1.807) is 24.4 Å². The van der Waals surface area contributed by atoms with E-state index >= 15 is 0 Å². The van der Waals surface area contributed by atoms with Crippen LogP contribution >= 0.6 is 23.1 Å². The molecule has 2 unspecified atom stereocenters. The smallest absolute Gasteiger partial charge is 0.174 e. The second kappa shape index (κ2) is 6.17. The van der Waals surface area contributed by atoms with Gasteiger partial charge in [0.2, 0.25) is 0 Å². The normalized spacial score (nSPS) is 14.2. The minimum Gasteiger partial charge on any atom is -0.497 e. The summed E-state index contributed by atoms with van der Waals surface area (Å²) in [6.45, 7) is 2.00. The van der Waals surface area contributed by atoms with Crippen LogP contribution in [0.15, 0.2) is 34.1 Å². The minimum atomic E-state index is 0.0195. The van der Waals surface area contributed by atoms with Crippen molar-refractivity contribution in [2.24, 2.45) is 5.73 Å². The average Bonchev–Trinajstić information content (AvgIpc) is 2.88. The number of aromatic nitrogens is 2. The second-order valence-electron chi connectivity index (χ2n) is 3.88. The molecule has 2 rings (SSSR count). The van der Waals surface area contributed by atoms with E-state index in [1.807, 2.05) is 25.1 Å². The zero-order valence-corrected chi connectivity index (χ0v) is 11.9. The van der Waals surface area contributed by atoms with E-state index < -0.39 is 0 Å². The zero-order valence-electron chi connectivity index (χ0n) is 10.2. The van der Waals surface area contributed by atoms with Crippen LogP contribution in [0.5, 0.6) is 5.75 Å². The van der Waals surface area contributed by atoms with Gasteiger partial charge in [-0.2, -0.15) is 0 Å². The van der Waals surface area contributed by atoms with Gasteiger partial charge < -0.3 is 10.5 Å². The molecule has 2 atom stereocenters. The third-order valence-electron chi connectivity index (χ3n) is 2.47. The van der Waals surface area contributed by atoms with Gasteiger partial charge in [0, 0.05) is 6.04 Å². The molecule has 2 N–H and O–H groups in total. The lowest BCUT2D eigenvalue weighted by Gasteiger charge is -2.19. The molecule has 0 aliphatic carbocycles. The maximum Gasteiger partial charge on any atom is 0.174 e. The van der Waals surface area contributed by atoms with Gasteiger partial charge in [-0.1, -0.05) is 35.2 Å². The number of nitrogens with zero attached hydrogens (tertiary/aromatic N) is 2. The molecule has 1 heterocycles. The molecule has 0 fully saturated rings. The first-order valence-electron chi connectivity index (χ1n) is 5.53. The Kier molecular flexibility index (Phi) is 4.57. The summed E-state index contributed by atoms with van der Waals surface area (Å²) in [6.07, 6.45) is 0. The fourth-order valence-corrected chi connectivity index (χ4v) is 3.37. The largest absolute Gasteiger partial charge is 0.497 e. The maximum atomic E-state index is 6.07. The summed E-state index contributed by atoms with van der Waals surface area (Å²) < 4.78 is 6.18. The molecule has 2 aromatic rings. The van der Waals surface area contributed by atoms with Gasteiger partial charge >= 0.3 is 0 Å². The summed E-state index contributed by atoms with van der Waals surface area (Å²) in [7, 11) is 1.66. The molecule has 6 heteroatoms. The van der Waals surface area contributed by atoms with Crippen LogP contribution in [0, 0.1) is 0 Å². The lowest BCUT2D eigenvalue weighted by atomic mass is 10.1. The second-order valence-corrected chi connectivity index (χ2v) is 6.10. The fraction of sp³-hybridized carbons (Fsp3) is 0.333. The van der Waals surface area contributed by atoms with Gasteiger partial charge in [0.25, 0.3) is 0 Å². The number of thioether (sulfide) groups is 1. The van der Waals surface area contributed by atoms with Crippen LogP contribution < -0.4 is 10.5 Å². The minimum absolute atomic E-state index is 0.0195.